The summed E-state index contributed by atoms with van der Waals surface area (Å²) in [6.45, 7) is 9.24. The normalized spacial score (nSPS) is 14.0. The maximum Gasteiger partial charge on any atom is 0.397 e. The minimum atomic E-state index is -3.64. The van der Waals surface area contributed by atoms with Gasteiger partial charge in [-0.3, -0.25) is 20.4 Å². The average Bonchev–Trinajstić information content (AvgIpc) is 2.50. The van der Waals surface area contributed by atoms with Gasteiger partial charge in [-0.2, -0.15) is 5.23 Å². The van der Waals surface area contributed by atoms with Crippen LogP contribution >= 0.6 is 7.60 Å². The maximum atomic E-state index is 13.1. The van der Waals surface area contributed by atoms with Crippen LogP contribution in [0.1, 0.15) is 34.6 Å². The van der Waals surface area contributed by atoms with Gasteiger partial charge in [-0.1, -0.05) is 0 Å². The van der Waals surface area contributed by atoms with Crippen molar-refractivity contribution >= 4 is 24.5 Å². The summed E-state index contributed by atoms with van der Waals surface area (Å²) in [6, 6.07) is 6.07. The van der Waals surface area contributed by atoms with E-state index in [-0.39, 0.29) is 23.5 Å². The van der Waals surface area contributed by atoms with E-state index < -0.39 is 12.8 Å². The largest absolute Gasteiger partial charge is 0.595 e. The number of amidine groups is 1. The first-order valence-electron chi connectivity index (χ1n) is 8.05. The van der Waals surface area contributed by atoms with Crippen molar-refractivity contribution in [3.05, 3.63) is 29.5 Å². The molecule has 0 spiro atoms. The monoisotopic (exact) mass is 374 g/mol. The molecule has 0 aliphatic carbocycles. The van der Waals surface area contributed by atoms with Crippen LogP contribution in [0.25, 0.3) is 0 Å². The molecule has 0 saturated heterocycles. The van der Waals surface area contributed by atoms with Crippen LogP contribution in [-0.2, 0) is 13.6 Å². The Hall–Kier alpha value is -1.48. The summed E-state index contributed by atoms with van der Waals surface area (Å²) in [6.07, 6.45) is -0.633. The van der Waals surface area contributed by atoms with E-state index in [4.69, 9.17) is 14.3 Å². The van der Waals surface area contributed by atoms with Crippen molar-refractivity contribution in [2.24, 2.45) is 4.99 Å². The van der Waals surface area contributed by atoms with Gasteiger partial charge in [0.05, 0.1) is 17.9 Å². The van der Waals surface area contributed by atoms with Crippen LogP contribution in [0, 0.1) is 5.21 Å². The van der Waals surface area contributed by atoms with Crippen LogP contribution < -0.4 is 16.1 Å². The second-order valence-corrected chi connectivity index (χ2v) is 7.58. The molecule has 0 bridgehead atoms. The first-order valence-corrected chi connectivity index (χ1v) is 9.59. The molecule has 10 heteroatoms. The van der Waals surface area contributed by atoms with Gasteiger partial charge < -0.3 is 14.3 Å². The predicted molar refractivity (Wildman–Crippen MR) is 97.0 cm³/mol. The molecule has 1 unspecified atom stereocenters. The lowest BCUT2D eigenvalue weighted by Crippen LogP contribution is -2.99. The molecule has 0 radical (unpaired) electrons. The van der Waals surface area contributed by atoms with Crippen molar-refractivity contribution in [2.45, 2.75) is 46.8 Å². The Morgan fingerprint density at radius 3 is 2.16 bits per heavy atom. The average molecular weight is 374 g/mol. The van der Waals surface area contributed by atoms with Gasteiger partial charge in [0, 0.05) is 18.7 Å². The third-order valence-electron chi connectivity index (χ3n) is 2.72. The molecule has 0 aliphatic heterocycles. The Morgan fingerprint density at radius 2 is 1.76 bits per heavy atom. The van der Waals surface area contributed by atoms with E-state index >= 15 is 0 Å². The first-order chi connectivity index (χ1) is 11.7. The Kier molecular flexibility index (Phi) is 8.51. The topological polar surface area (TPSA) is 120 Å². The number of nitrogens with one attached hydrogen (secondary N) is 3. The zero-order valence-corrected chi connectivity index (χ0v) is 16.0. The van der Waals surface area contributed by atoms with Crippen LogP contribution in [0.2, 0.25) is 0 Å². The van der Waals surface area contributed by atoms with E-state index in [0.29, 0.717) is 12.2 Å². The molecular weight excluding hydrogens is 347 g/mol. The van der Waals surface area contributed by atoms with Gasteiger partial charge in [-0.25, -0.2) is 5.21 Å². The fourth-order valence-corrected chi connectivity index (χ4v) is 3.72. The second kappa shape index (κ2) is 9.86. The van der Waals surface area contributed by atoms with Gasteiger partial charge in [0.1, 0.15) is 0 Å². The van der Waals surface area contributed by atoms with Crippen LogP contribution in [0.15, 0.2) is 29.3 Å². The molecule has 1 aromatic carbocycles. The fourth-order valence-electron chi connectivity index (χ4n) is 1.85. The lowest BCUT2D eigenvalue weighted by molar-refractivity contribution is -0.991. The highest BCUT2D eigenvalue weighted by Crippen LogP contribution is 2.51. The Morgan fingerprint density at radius 1 is 1.24 bits per heavy atom. The Balaban J connectivity index is 2.93. The third-order valence-corrected chi connectivity index (χ3v) is 4.89. The van der Waals surface area contributed by atoms with E-state index in [9.17, 15) is 9.77 Å². The minimum absolute atomic E-state index is 0.0692. The molecule has 9 nitrogen and oxygen atoms in total. The van der Waals surface area contributed by atoms with Gasteiger partial charge in [-0.15, -0.1) is 0 Å². The first kappa shape index (κ1) is 21.6. The summed E-state index contributed by atoms with van der Waals surface area (Å²) in [5.41, 5.74) is 6.44. The van der Waals surface area contributed by atoms with E-state index in [1.165, 1.54) is 12.1 Å². The summed E-state index contributed by atoms with van der Waals surface area (Å²) < 4.78 is 24.2. The number of nitrogens with zero attached hydrogens (tertiary/aromatic N) is 1. The molecule has 1 aromatic rings. The fraction of sp³-hybridized carbons (Fsp3) is 0.533. The molecule has 1 rings (SSSR count). The number of quaternary nitrogens is 1. The molecule has 0 heterocycles. The van der Waals surface area contributed by atoms with E-state index in [2.05, 4.69) is 15.8 Å². The van der Waals surface area contributed by atoms with Gasteiger partial charge in [0.25, 0.3) is 0 Å². The highest BCUT2D eigenvalue weighted by molar-refractivity contribution is 7.72. The highest BCUT2D eigenvalue weighted by atomic mass is 31.2. The van der Waals surface area contributed by atoms with Gasteiger partial charge in [0.15, 0.2) is 5.69 Å². The quantitative estimate of drug-likeness (QED) is 0.227. The van der Waals surface area contributed by atoms with Gasteiger partial charge in [-0.05, 0) is 46.8 Å². The zero-order valence-electron chi connectivity index (χ0n) is 15.1. The molecule has 4 N–H and O–H groups in total. The minimum Gasteiger partial charge on any atom is -0.595 e. The van der Waals surface area contributed by atoms with Crippen molar-refractivity contribution in [1.29, 1.82) is 0 Å². The second-order valence-electron chi connectivity index (χ2n) is 5.74. The Labute approximate surface area is 148 Å². The molecule has 0 fully saturated rings. The number of benzene rings is 1. The summed E-state index contributed by atoms with van der Waals surface area (Å²) >= 11 is 0. The predicted octanol–water partition coefficient (Wildman–Crippen LogP) is 2.43. The van der Waals surface area contributed by atoms with E-state index in [0.717, 1.165) is 0 Å². The van der Waals surface area contributed by atoms with Gasteiger partial charge in [0.2, 0.25) is 5.58 Å². The molecule has 0 saturated carbocycles. The van der Waals surface area contributed by atoms with Crippen molar-refractivity contribution in [3.8, 4) is 0 Å². The standard InChI is InChI=1S/C15H27N4O5P/c1-6-16-15(25(22,23-11(2)3)24-12(4)5)18-17-13-7-9-14(10-8-13)19(20)21/h7-12,17,19-20H,6H2,1-5H3,(H,16,18). The molecular formula is C15H27N4O5P. The number of rotatable bonds is 9. The van der Waals surface area contributed by atoms with Crippen molar-refractivity contribution < 1.29 is 24.0 Å². The van der Waals surface area contributed by atoms with Crippen LogP contribution in [0.4, 0.5) is 11.4 Å². The van der Waals surface area contributed by atoms with Crippen molar-refractivity contribution in [1.82, 2.24) is 5.43 Å². The SMILES string of the molecule is CCN=C(NNc1ccc([NH+]([O-])O)cc1)P(=O)(OC(C)C)OC(C)C. The molecule has 0 aliphatic rings. The van der Waals surface area contributed by atoms with Gasteiger partial charge >= 0.3 is 7.60 Å². The number of aliphatic imine (C=N–C) groups is 1. The van der Waals surface area contributed by atoms with Crippen molar-refractivity contribution in [3.63, 3.8) is 0 Å². The number of anilines is 1. The molecule has 142 valence electrons. The molecule has 0 amide bonds. The molecule has 0 aromatic heterocycles. The van der Waals surface area contributed by atoms with Crippen LogP contribution in [0.3, 0.4) is 0 Å². The van der Waals surface area contributed by atoms with Crippen molar-refractivity contribution in [2.75, 3.05) is 12.0 Å². The van der Waals surface area contributed by atoms with E-state index in [1.54, 1.807) is 46.8 Å². The lowest BCUT2D eigenvalue weighted by Gasteiger charge is -2.25. The third kappa shape index (κ3) is 7.11. The summed E-state index contributed by atoms with van der Waals surface area (Å²) in [5.74, 6) is 0. The highest BCUT2D eigenvalue weighted by Gasteiger charge is 2.35. The summed E-state index contributed by atoms with van der Waals surface area (Å²) in [4.78, 5) is 4.20. The summed E-state index contributed by atoms with van der Waals surface area (Å²) in [7, 11) is -3.64. The number of hydrogen-bond donors (Lipinski definition) is 4. The molecule has 25 heavy (non-hydrogen) atoms. The van der Waals surface area contributed by atoms with Crippen LogP contribution in [0.5, 0.6) is 0 Å². The smallest absolute Gasteiger partial charge is 0.397 e. The molecule has 1 atom stereocenters. The number of hydrazine groups is 1. The zero-order chi connectivity index (χ0) is 19.0. The summed E-state index contributed by atoms with van der Waals surface area (Å²) in [5, 5.41) is 18.8. The maximum absolute atomic E-state index is 13.1. The Bertz CT molecular complexity index is 590. The van der Waals surface area contributed by atoms with E-state index in [1.807, 2.05) is 0 Å². The van der Waals surface area contributed by atoms with Crippen LogP contribution in [-0.4, -0.2) is 29.5 Å². The lowest BCUT2D eigenvalue weighted by atomic mass is 10.3. The number of hydrogen-bond acceptors (Lipinski definition) is 7.